The van der Waals surface area contributed by atoms with E-state index in [-0.39, 0.29) is 0 Å². The minimum Gasteiger partial charge on any atom is -0.356 e. The van der Waals surface area contributed by atoms with Crippen LogP contribution in [-0.2, 0) is 5.54 Å². The normalized spacial score (nSPS) is 19.2. The van der Waals surface area contributed by atoms with E-state index < -0.39 is 5.54 Å². The Bertz CT molecular complexity index is 957. The molecule has 1 atom stereocenters. The van der Waals surface area contributed by atoms with Gasteiger partial charge in [-0.25, -0.2) is 0 Å². The lowest BCUT2D eigenvalue weighted by Crippen LogP contribution is -2.36. The molecule has 4 rings (SSSR count). The van der Waals surface area contributed by atoms with Crippen LogP contribution >= 0.6 is 11.6 Å². The average Bonchev–Trinajstić information content (AvgIpc) is 3.16. The number of halogens is 1. The molecule has 1 aliphatic carbocycles. The highest BCUT2D eigenvalue weighted by Gasteiger charge is 2.28. The molecule has 1 aromatic heterocycles. The summed E-state index contributed by atoms with van der Waals surface area (Å²) in [5.41, 5.74) is 10.8. The summed E-state index contributed by atoms with van der Waals surface area (Å²) >= 11 is 5.95. The van der Waals surface area contributed by atoms with Gasteiger partial charge >= 0.3 is 0 Å². The maximum Gasteiger partial charge on any atom is 0.0869 e. The predicted octanol–water partition coefficient (Wildman–Crippen LogP) is 4.84. The maximum atomic E-state index is 6.59. The quantitative estimate of drug-likeness (QED) is 0.622. The number of hydrogen-bond donors (Lipinski definition) is 3. The zero-order chi connectivity index (χ0) is 18.0. The van der Waals surface area contributed by atoms with Gasteiger partial charge in [-0.1, -0.05) is 54.1 Å². The molecule has 1 aliphatic rings. The van der Waals surface area contributed by atoms with Gasteiger partial charge in [0.2, 0.25) is 0 Å². The Morgan fingerprint density at radius 3 is 2.54 bits per heavy atom. The van der Waals surface area contributed by atoms with Gasteiger partial charge in [-0.05, 0) is 48.4 Å². The van der Waals surface area contributed by atoms with Crippen molar-refractivity contribution in [2.75, 3.05) is 5.32 Å². The molecule has 0 spiro atoms. The van der Waals surface area contributed by atoms with Gasteiger partial charge in [-0.3, -0.25) is 5.10 Å². The summed E-state index contributed by atoms with van der Waals surface area (Å²) in [6.07, 6.45) is 6.78. The van der Waals surface area contributed by atoms with Gasteiger partial charge in [0.25, 0.3) is 0 Å². The monoisotopic (exact) mass is 362 g/mol. The van der Waals surface area contributed by atoms with Crippen molar-refractivity contribution >= 4 is 17.3 Å². The number of anilines is 1. The fourth-order valence-electron chi connectivity index (χ4n) is 2.96. The predicted molar refractivity (Wildman–Crippen MR) is 107 cm³/mol. The third-order valence-electron chi connectivity index (χ3n) is 4.49. The number of aromatic nitrogens is 2. The van der Waals surface area contributed by atoms with Crippen LogP contribution in [0.3, 0.4) is 0 Å². The molecule has 4 N–H and O–H groups in total. The summed E-state index contributed by atoms with van der Waals surface area (Å²) in [4.78, 5) is 0. The van der Waals surface area contributed by atoms with E-state index in [0.29, 0.717) is 11.4 Å². The van der Waals surface area contributed by atoms with E-state index in [0.717, 1.165) is 28.3 Å². The molecule has 0 saturated carbocycles. The molecule has 0 aliphatic heterocycles. The number of aromatic amines is 1. The fourth-order valence-corrected chi connectivity index (χ4v) is 3.09. The first-order valence-electron chi connectivity index (χ1n) is 8.45. The van der Waals surface area contributed by atoms with Crippen LogP contribution < -0.4 is 11.1 Å². The van der Waals surface area contributed by atoms with Crippen LogP contribution in [-0.4, -0.2) is 10.2 Å². The lowest BCUT2D eigenvalue weighted by atomic mass is 9.87. The van der Waals surface area contributed by atoms with Crippen molar-refractivity contribution in [3.8, 4) is 11.3 Å². The second kappa shape index (κ2) is 6.83. The summed E-state index contributed by atoms with van der Waals surface area (Å²) in [6, 6.07) is 19.7. The molecule has 0 bridgehead atoms. The summed E-state index contributed by atoms with van der Waals surface area (Å²) in [5.74, 6) is 0. The smallest absolute Gasteiger partial charge is 0.0869 e. The molecule has 1 heterocycles. The van der Waals surface area contributed by atoms with Crippen molar-refractivity contribution in [1.82, 2.24) is 10.2 Å². The number of nitrogens with two attached hydrogens (primary N) is 1. The summed E-state index contributed by atoms with van der Waals surface area (Å²) < 4.78 is 0. The van der Waals surface area contributed by atoms with Gasteiger partial charge < -0.3 is 11.1 Å². The molecule has 4 nitrogen and oxygen atoms in total. The fraction of sp³-hybridized carbons (Fsp3) is 0.0952. The highest BCUT2D eigenvalue weighted by Crippen LogP contribution is 2.30. The first-order chi connectivity index (χ1) is 12.6. The molecule has 130 valence electrons. The van der Waals surface area contributed by atoms with Gasteiger partial charge in [-0.15, -0.1) is 0 Å². The average molecular weight is 363 g/mol. The zero-order valence-corrected chi connectivity index (χ0v) is 14.9. The molecule has 0 fully saturated rings. The van der Waals surface area contributed by atoms with E-state index in [1.165, 1.54) is 0 Å². The number of nitrogens with one attached hydrogen (secondary N) is 2. The van der Waals surface area contributed by atoms with Crippen LogP contribution in [0.5, 0.6) is 0 Å². The third-order valence-corrected chi connectivity index (χ3v) is 4.74. The lowest BCUT2D eigenvalue weighted by Gasteiger charge is -2.26. The minimum atomic E-state index is -0.622. The summed E-state index contributed by atoms with van der Waals surface area (Å²) in [5, 5.41) is 11.6. The van der Waals surface area contributed by atoms with Crippen LogP contribution in [0.1, 0.15) is 12.1 Å². The van der Waals surface area contributed by atoms with Crippen LogP contribution in [0.4, 0.5) is 5.69 Å². The topological polar surface area (TPSA) is 66.7 Å². The molecule has 2 aromatic carbocycles. The Morgan fingerprint density at radius 2 is 1.85 bits per heavy atom. The summed E-state index contributed by atoms with van der Waals surface area (Å²) in [7, 11) is 0. The highest BCUT2D eigenvalue weighted by atomic mass is 35.5. The molecular formula is C21H19ClN4. The van der Waals surface area contributed by atoms with Crippen LogP contribution in [0.25, 0.3) is 11.3 Å². The van der Waals surface area contributed by atoms with Gasteiger partial charge in [0.05, 0.1) is 16.9 Å². The van der Waals surface area contributed by atoms with Crippen molar-refractivity contribution in [2.45, 2.75) is 12.0 Å². The Morgan fingerprint density at radius 1 is 1.08 bits per heavy atom. The highest BCUT2D eigenvalue weighted by molar-refractivity contribution is 6.30. The van der Waals surface area contributed by atoms with Gasteiger partial charge in [0.15, 0.2) is 0 Å². The number of hydrogen-bond acceptors (Lipinski definition) is 3. The van der Waals surface area contributed by atoms with Crippen LogP contribution in [0.15, 0.2) is 84.6 Å². The molecule has 0 saturated heterocycles. The minimum absolute atomic E-state index is 0.622. The van der Waals surface area contributed by atoms with Crippen molar-refractivity contribution < 1.29 is 0 Å². The Hall–Kier alpha value is -2.82. The Kier molecular flexibility index (Phi) is 4.37. The van der Waals surface area contributed by atoms with Crippen LogP contribution in [0.2, 0.25) is 5.02 Å². The number of rotatable bonds is 4. The van der Waals surface area contributed by atoms with E-state index in [1.807, 2.05) is 72.8 Å². The maximum absolute atomic E-state index is 6.59. The number of benzene rings is 2. The summed E-state index contributed by atoms with van der Waals surface area (Å²) in [6.45, 7) is 0. The molecular weight excluding hydrogens is 344 g/mol. The van der Waals surface area contributed by atoms with E-state index >= 15 is 0 Å². The van der Waals surface area contributed by atoms with Crippen molar-refractivity contribution in [1.29, 1.82) is 0 Å². The lowest BCUT2D eigenvalue weighted by molar-refractivity contribution is 0.542. The second-order valence-corrected chi connectivity index (χ2v) is 6.84. The standard InChI is InChI=1S/C21H19ClN4/c22-16-8-6-15(7-9-16)19-14-20(26-25-19)21(23)12-10-18(11-13-21)24-17-4-2-1-3-5-17/h1-12,14,24H,13,23H2,(H,25,26). The van der Waals surface area contributed by atoms with E-state index in [4.69, 9.17) is 17.3 Å². The van der Waals surface area contributed by atoms with Crippen molar-refractivity contribution in [3.05, 3.63) is 95.3 Å². The SMILES string of the molecule is NC1(c2cc(-c3ccc(Cl)cc3)[nH]n2)C=CC(Nc2ccccc2)=CC1. The van der Waals surface area contributed by atoms with E-state index in [2.05, 4.69) is 21.6 Å². The first-order valence-corrected chi connectivity index (χ1v) is 8.82. The van der Waals surface area contributed by atoms with Crippen molar-refractivity contribution in [2.24, 2.45) is 5.73 Å². The second-order valence-electron chi connectivity index (χ2n) is 6.40. The molecule has 1 unspecified atom stereocenters. The number of H-pyrrole nitrogens is 1. The third kappa shape index (κ3) is 3.43. The van der Waals surface area contributed by atoms with Crippen molar-refractivity contribution in [3.63, 3.8) is 0 Å². The number of para-hydroxylation sites is 1. The molecule has 5 heteroatoms. The zero-order valence-electron chi connectivity index (χ0n) is 14.1. The molecule has 0 amide bonds. The Labute approximate surface area is 157 Å². The number of allylic oxidation sites excluding steroid dienone is 1. The molecule has 3 aromatic rings. The first kappa shape index (κ1) is 16.6. The van der Waals surface area contributed by atoms with Gasteiger partial charge in [0, 0.05) is 16.4 Å². The Balaban J connectivity index is 1.50. The van der Waals surface area contributed by atoms with E-state index in [9.17, 15) is 0 Å². The van der Waals surface area contributed by atoms with Gasteiger partial charge in [0.1, 0.15) is 0 Å². The molecule has 0 radical (unpaired) electrons. The van der Waals surface area contributed by atoms with Gasteiger partial charge in [-0.2, -0.15) is 5.10 Å². The van der Waals surface area contributed by atoms with E-state index in [1.54, 1.807) is 0 Å². The number of nitrogens with zero attached hydrogens (tertiary/aromatic N) is 1. The van der Waals surface area contributed by atoms with Crippen LogP contribution in [0, 0.1) is 0 Å². The molecule has 26 heavy (non-hydrogen) atoms. The largest absolute Gasteiger partial charge is 0.356 e.